The molecule has 14 heavy (non-hydrogen) atoms. The molecule has 1 heterocycles. The molecule has 0 saturated carbocycles. The van der Waals surface area contributed by atoms with Crippen molar-refractivity contribution in [3.05, 3.63) is 35.2 Å². The van der Waals surface area contributed by atoms with Crippen LogP contribution in [0.4, 0.5) is 0 Å². The summed E-state index contributed by atoms with van der Waals surface area (Å²) in [7, 11) is 0. The Hall–Kier alpha value is -1.19. The lowest BCUT2D eigenvalue weighted by Crippen LogP contribution is -2.06. The molecule has 0 bridgehead atoms. The number of aliphatic hydroxyl groups is 1. The maximum absolute atomic E-state index is 11.0. The molecular formula is C11H10O2S. The first-order valence-electron chi connectivity index (χ1n) is 4.35. The highest BCUT2D eigenvalue weighted by molar-refractivity contribution is 7.17. The lowest BCUT2D eigenvalue weighted by molar-refractivity contribution is -0.125. The summed E-state index contributed by atoms with van der Waals surface area (Å²) >= 11 is 1.55. The molecule has 0 aliphatic rings. The van der Waals surface area contributed by atoms with Gasteiger partial charge >= 0.3 is 0 Å². The van der Waals surface area contributed by atoms with Crippen LogP contribution in [0.15, 0.2) is 29.6 Å². The number of rotatable bonds is 2. The number of benzene rings is 1. The third-order valence-electron chi connectivity index (χ3n) is 2.19. The van der Waals surface area contributed by atoms with Gasteiger partial charge in [-0.1, -0.05) is 18.2 Å². The Balaban J connectivity index is 2.58. The number of Topliss-reactive ketones (excluding diaryl/α,β-unsaturated/α-hetero) is 1. The molecule has 0 radical (unpaired) electrons. The third kappa shape index (κ3) is 1.45. The Bertz CT molecular complexity index is 473. The highest BCUT2D eigenvalue weighted by Crippen LogP contribution is 2.30. The van der Waals surface area contributed by atoms with Crippen molar-refractivity contribution in [2.75, 3.05) is 0 Å². The summed E-state index contributed by atoms with van der Waals surface area (Å²) in [6.45, 7) is 1.40. The first kappa shape index (κ1) is 9.37. The van der Waals surface area contributed by atoms with Crippen molar-refractivity contribution in [3.8, 4) is 0 Å². The average molecular weight is 206 g/mol. The van der Waals surface area contributed by atoms with Gasteiger partial charge in [0.1, 0.15) is 6.10 Å². The van der Waals surface area contributed by atoms with E-state index in [4.69, 9.17) is 0 Å². The molecule has 0 fully saturated rings. The van der Waals surface area contributed by atoms with Crippen LogP contribution in [0.3, 0.4) is 0 Å². The van der Waals surface area contributed by atoms with Gasteiger partial charge in [0.15, 0.2) is 5.78 Å². The van der Waals surface area contributed by atoms with Gasteiger partial charge in [-0.05, 0) is 23.8 Å². The summed E-state index contributed by atoms with van der Waals surface area (Å²) in [6, 6.07) is 7.76. The summed E-state index contributed by atoms with van der Waals surface area (Å²) < 4.78 is 1.10. The van der Waals surface area contributed by atoms with E-state index in [9.17, 15) is 9.90 Å². The van der Waals surface area contributed by atoms with Crippen molar-refractivity contribution >= 4 is 27.2 Å². The van der Waals surface area contributed by atoms with Crippen molar-refractivity contribution in [1.29, 1.82) is 0 Å². The van der Waals surface area contributed by atoms with Crippen LogP contribution in [-0.2, 0) is 4.79 Å². The largest absolute Gasteiger partial charge is 0.381 e. The van der Waals surface area contributed by atoms with Crippen LogP contribution in [0.2, 0.25) is 0 Å². The van der Waals surface area contributed by atoms with Gasteiger partial charge in [0.25, 0.3) is 0 Å². The first-order chi connectivity index (χ1) is 6.70. The number of fused-ring (bicyclic) bond motifs is 1. The third-order valence-corrected chi connectivity index (χ3v) is 3.17. The van der Waals surface area contributed by atoms with Gasteiger partial charge in [0.2, 0.25) is 0 Å². The summed E-state index contributed by atoms with van der Waals surface area (Å²) in [4.78, 5) is 11.0. The molecule has 0 amide bonds. The second-order valence-corrected chi connectivity index (χ2v) is 4.11. The van der Waals surface area contributed by atoms with E-state index in [2.05, 4.69) is 0 Å². The molecule has 1 unspecified atom stereocenters. The fourth-order valence-electron chi connectivity index (χ4n) is 1.43. The van der Waals surface area contributed by atoms with Gasteiger partial charge in [-0.2, -0.15) is 0 Å². The van der Waals surface area contributed by atoms with Crippen LogP contribution in [0.25, 0.3) is 10.1 Å². The normalized spacial score (nSPS) is 13.0. The highest BCUT2D eigenvalue weighted by Gasteiger charge is 2.16. The minimum atomic E-state index is -0.980. The second-order valence-electron chi connectivity index (χ2n) is 3.20. The molecule has 2 aromatic rings. The van der Waals surface area contributed by atoms with E-state index in [1.54, 1.807) is 11.3 Å². The van der Waals surface area contributed by atoms with Crippen LogP contribution < -0.4 is 0 Å². The molecule has 2 nitrogen and oxygen atoms in total. The molecule has 1 N–H and O–H groups in total. The van der Waals surface area contributed by atoms with Gasteiger partial charge in [-0.15, -0.1) is 11.3 Å². The van der Waals surface area contributed by atoms with E-state index in [1.807, 2.05) is 29.6 Å². The molecule has 0 aliphatic heterocycles. The Kier molecular flexibility index (Phi) is 2.35. The van der Waals surface area contributed by atoms with Crippen molar-refractivity contribution in [1.82, 2.24) is 0 Å². The Labute approximate surface area is 85.8 Å². The minimum absolute atomic E-state index is 0.214. The lowest BCUT2D eigenvalue weighted by atomic mass is 10.1. The first-order valence-corrected chi connectivity index (χ1v) is 5.23. The van der Waals surface area contributed by atoms with Crippen LogP contribution in [0.5, 0.6) is 0 Å². The predicted octanol–water partition coefficient (Wildman–Crippen LogP) is 2.52. The van der Waals surface area contributed by atoms with Crippen LogP contribution >= 0.6 is 11.3 Å². The van der Waals surface area contributed by atoms with Crippen LogP contribution in [0.1, 0.15) is 18.6 Å². The van der Waals surface area contributed by atoms with Crippen molar-refractivity contribution in [2.24, 2.45) is 0 Å². The van der Waals surface area contributed by atoms with Gasteiger partial charge in [-0.25, -0.2) is 0 Å². The van der Waals surface area contributed by atoms with E-state index in [0.717, 1.165) is 15.6 Å². The van der Waals surface area contributed by atoms with E-state index in [1.165, 1.54) is 6.92 Å². The number of hydrogen-bond donors (Lipinski definition) is 1. The predicted molar refractivity (Wildman–Crippen MR) is 57.5 cm³/mol. The number of aliphatic hydroxyl groups excluding tert-OH is 1. The molecular weight excluding hydrogens is 196 g/mol. The van der Waals surface area contributed by atoms with Gasteiger partial charge in [-0.3, -0.25) is 4.79 Å². The quantitative estimate of drug-likeness (QED) is 0.819. The van der Waals surface area contributed by atoms with Crippen molar-refractivity contribution < 1.29 is 9.90 Å². The topological polar surface area (TPSA) is 37.3 Å². The maximum Gasteiger partial charge on any atom is 0.162 e. The fourth-order valence-corrected chi connectivity index (χ4v) is 2.41. The number of carbonyl (C=O) groups excluding carboxylic acids is 1. The minimum Gasteiger partial charge on any atom is -0.381 e. The molecule has 0 aliphatic carbocycles. The standard InChI is InChI=1S/C11H10O2S/c1-7(12)11(13)9-6-14-10-5-3-2-4-8(9)10/h2-6,11,13H,1H3. The molecule has 0 saturated heterocycles. The van der Waals surface area contributed by atoms with Crippen LogP contribution in [-0.4, -0.2) is 10.9 Å². The molecule has 3 heteroatoms. The van der Waals surface area contributed by atoms with Gasteiger partial charge in [0, 0.05) is 10.3 Å². The molecule has 0 spiro atoms. The summed E-state index contributed by atoms with van der Waals surface area (Å²) in [6.07, 6.45) is -0.980. The Morgan fingerprint density at radius 1 is 1.43 bits per heavy atom. The van der Waals surface area contributed by atoms with Crippen LogP contribution in [0, 0.1) is 0 Å². The molecule has 1 aromatic carbocycles. The maximum atomic E-state index is 11.0. The zero-order valence-electron chi connectivity index (χ0n) is 7.73. The van der Waals surface area contributed by atoms with Gasteiger partial charge in [0.05, 0.1) is 0 Å². The summed E-state index contributed by atoms with van der Waals surface area (Å²) in [5.41, 5.74) is 0.720. The van der Waals surface area contributed by atoms with Crippen molar-refractivity contribution in [3.63, 3.8) is 0 Å². The second kappa shape index (κ2) is 3.52. The van der Waals surface area contributed by atoms with E-state index < -0.39 is 6.10 Å². The number of thiophene rings is 1. The van der Waals surface area contributed by atoms with E-state index in [-0.39, 0.29) is 5.78 Å². The zero-order valence-corrected chi connectivity index (χ0v) is 8.54. The van der Waals surface area contributed by atoms with Crippen molar-refractivity contribution in [2.45, 2.75) is 13.0 Å². The molecule has 2 rings (SSSR count). The smallest absolute Gasteiger partial charge is 0.162 e. The molecule has 1 atom stereocenters. The SMILES string of the molecule is CC(=O)C(O)c1csc2ccccc12. The summed E-state index contributed by atoms with van der Waals surface area (Å²) in [5.74, 6) is -0.214. The van der Waals surface area contributed by atoms with E-state index in [0.29, 0.717) is 0 Å². The molecule has 72 valence electrons. The summed E-state index contributed by atoms with van der Waals surface area (Å²) in [5, 5.41) is 12.5. The lowest BCUT2D eigenvalue weighted by Gasteiger charge is -2.04. The number of hydrogen-bond acceptors (Lipinski definition) is 3. The Morgan fingerprint density at radius 3 is 2.86 bits per heavy atom. The monoisotopic (exact) mass is 206 g/mol. The van der Waals surface area contributed by atoms with Gasteiger partial charge < -0.3 is 5.11 Å². The fraction of sp³-hybridized carbons (Fsp3) is 0.182. The average Bonchev–Trinajstić information content (AvgIpc) is 2.60. The number of carbonyl (C=O) groups is 1. The zero-order chi connectivity index (χ0) is 10.1. The van der Waals surface area contributed by atoms with E-state index >= 15 is 0 Å². The number of ketones is 1. The highest BCUT2D eigenvalue weighted by atomic mass is 32.1. The molecule has 1 aromatic heterocycles. The Morgan fingerprint density at radius 2 is 2.14 bits per heavy atom.